The number of benzene rings is 1. The molecule has 1 aromatic carbocycles. The Labute approximate surface area is 107 Å². The first-order valence-electron chi connectivity index (χ1n) is 5.85. The summed E-state index contributed by atoms with van der Waals surface area (Å²) in [5.74, 6) is 0.0116. The molecule has 4 nitrogen and oxygen atoms in total. The number of nitrogens with two attached hydrogens (primary N) is 1. The molecule has 1 fully saturated rings. The van der Waals surface area contributed by atoms with Crippen LogP contribution in [0.1, 0.15) is 12.0 Å². The van der Waals surface area contributed by atoms with Gasteiger partial charge >= 0.3 is 0 Å². The normalized spacial score (nSPS) is 22.1. The molecule has 1 aliphatic rings. The topological polar surface area (TPSA) is 63.4 Å². The van der Waals surface area contributed by atoms with E-state index in [4.69, 9.17) is 5.73 Å². The molecule has 1 aromatic rings. The molecule has 0 aromatic heterocycles. The molecule has 6 heteroatoms. The van der Waals surface area contributed by atoms with E-state index in [0.29, 0.717) is 17.7 Å². The minimum absolute atomic E-state index is 0.0712. The number of halogens is 1. The molecule has 0 saturated carbocycles. The molecule has 2 N–H and O–H groups in total. The third-order valence-corrected chi connectivity index (χ3v) is 5.17. The Morgan fingerprint density at radius 3 is 2.72 bits per heavy atom. The van der Waals surface area contributed by atoms with Crippen molar-refractivity contribution in [3.63, 3.8) is 0 Å². The van der Waals surface area contributed by atoms with Gasteiger partial charge in [0, 0.05) is 30.9 Å². The van der Waals surface area contributed by atoms with Gasteiger partial charge in [0.05, 0.1) is 11.5 Å². The van der Waals surface area contributed by atoms with Gasteiger partial charge in [-0.2, -0.15) is 0 Å². The maximum Gasteiger partial charge on any atom is 0.152 e. The zero-order chi connectivity index (χ0) is 13.3. The fraction of sp³-hybridized carbons (Fsp3) is 0.500. The summed E-state index contributed by atoms with van der Waals surface area (Å²) in [6, 6.07) is 4.76. The summed E-state index contributed by atoms with van der Waals surface area (Å²) < 4.78 is 36.5. The van der Waals surface area contributed by atoms with Crippen molar-refractivity contribution in [2.24, 2.45) is 5.73 Å². The smallest absolute Gasteiger partial charge is 0.152 e. The summed E-state index contributed by atoms with van der Waals surface area (Å²) in [5.41, 5.74) is 6.55. The van der Waals surface area contributed by atoms with Crippen LogP contribution < -0.4 is 10.6 Å². The Kier molecular flexibility index (Phi) is 3.59. The van der Waals surface area contributed by atoms with Gasteiger partial charge in [0.1, 0.15) is 5.82 Å². The monoisotopic (exact) mass is 272 g/mol. The van der Waals surface area contributed by atoms with E-state index in [9.17, 15) is 12.8 Å². The van der Waals surface area contributed by atoms with Gasteiger partial charge in [-0.05, 0) is 18.6 Å². The van der Waals surface area contributed by atoms with Gasteiger partial charge in [-0.15, -0.1) is 0 Å². The molecule has 18 heavy (non-hydrogen) atoms. The Balaban J connectivity index is 2.19. The van der Waals surface area contributed by atoms with Gasteiger partial charge in [0.2, 0.25) is 0 Å². The van der Waals surface area contributed by atoms with Crippen molar-refractivity contribution in [1.82, 2.24) is 0 Å². The quantitative estimate of drug-likeness (QED) is 0.888. The summed E-state index contributed by atoms with van der Waals surface area (Å²) in [4.78, 5) is 1.83. The largest absolute Gasteiger partial charge is 0.370 e. The van der Waals surface area contributed by atoms with Crippen LogP contribution in [0.3, 0.4) is 0 Å². The van der Waals surface area contributed by atoms with E-state index in [2.05, 4.69) is 0 Å². The lowest BCUT2D eigenvalue weighted by atomic mass is 10.1. The van der Waals surface area contributed by atoms with Crippen LogP contribution in [0.2, 0.25) is 0 Å². The van der Waals surface area contributed by atoms with E-state index in [1.807, 2.05) is 4.90 Å². The van der Waals surface area contributed by atoms with Crippen molar-refractivity contribution in [1.29, 1.82) is 0 Å². The Morgan fingerprint density at radius 2 is 2.22 bits per heavy atom. The van der Waals surface area contributed by atoms with Crippen LogP contribution in [0.25, 0.3) is 0 Å². The van der Waals surface area contributed by atoms with E-state index in [0.717, 1.165) is 0 Å². The van der Waals surface area contributed by atoms with Crippen LogP contribution in [0.5, 0.6) is 0 Å². The van der Waals surface area contributed by atoms with Gasteiger partial charge in [0.15, 0.2) is 9.84 Å². The van der Waals surface area contributed by atoms with Crippen LogP contribution in [-0.4, -0.2) is 33.0 Å². The molecule has 2 rings (SSSR count). The first-order chi connectivity index (χ1) is 8.43. The number of nitrogens with zero attached hydrogens (tertiary/aromatic N) is 1. The molecule has 1 heterocycles. The number of hydrogen-bond acceptors (Lipinski definition) is 4. The van der Waals surface area contributed by atoms with Crippen LogP contribution in [-0.2, 0) is 16.4 Å². The summed E-state index contributed by atoms with van der Waals surface area (Å²) in [6.45, 7) is 0.160. The van der Waals surface area contributed by atoms with E-state index >= 15 is 0 Å². The van der Waals surface area contributed by atoms with Crippen molar-refractivity contribution in [3.8, 4) is 0 Å². The maximum atomic E-state index is 13.6. The number of anilines is 1. The molecule has 0 bridgehead atoms. The van der Waals surface area contributed by atoms with Crippen LogP contribution in [0.4, 0.5) is 10.1 Å². The third-order valence-electron chi connectivity index (χ3n) is 3.42. The number of hydrogen-bond donors (Lipinski definition) is 1. The molecule has 100 valence electrons. The summed E-state index contributed by atoms with van der Waals surface area (Å²) in [7, 11) is -1.13. The first kappa shape index (κ1) is 13.3. The van der Waals surface area contributed by atoms with Gasteiger partial charge < -0.3 is 10.6 Å². The SMILES string of the molecule is CN(c1ccc(CN)c(F)c1)C1CCS(=O)(=O)C1. The fourth-order valence-corrected chi connectivity index (χ4v) is 3.99. The van der Waals surface area contributed by atoms with Gasteiger partial charge in [-0.1, -0.05) is 6.07 Å². The molecule has 1 saturated heterocycles. The van der Waals surface area contributed by atoms with E-state index < -0.39 is 9.84 Å². The second-order valence-electron chi connectivity index (χ2n) is 4.65. The van der Waals surface area contributed by atoms with Crippen molar-refractivity contribution in [2.75, 3.05) is 23.5 Å². The minimum atomic E-state index is -2.93. The van der Waals surface area contributed by atoms with E-state index in [1.54, 1.807) is 19.2 Å². The van der Waals surface area contributed by atoms with Crippen LogP contribution >= 0.6 is 0 Å². The highest BCUT2D eigenvalue weighted by molar-refractivity contribution is 7.91. The average Bonchev–Trinajstić information content (AvgIpc) is 2.68. The molecule has 1 aliphatic heterocycles. The second kappa shape index (κ2) is 4.85. The lowest BCUT2D eigenvalue weighted by Gasteiger charge is -2.25. The maximum absolute atomic E-state index is 13.6. The van der Waals surface area contributed by atoms with Crippen LogP contribution in [0, 0.1) is 5.82 Å². The highest BCUT2D eigenvalue weighted by Gasteiger charge is 2.30. The molecule has 1 unspecified atom stereocenters. The summed E-state index contributed by atoms with van der Waals surface area (Å²) in [6.07, 6.45) is 0.596. The highest BCUT2D eigenvalue weighted by atomic mass is 32.2. The van der Waals surface area contributed by atoms with Gasteiger partial charge in [-0.3, -0.25) is 0 Å². The van der Waals surface area contributed by atoms with Crippen molar-refractivity contribution in [2.45, 2.75) is 19.0 Å². The van der Waals surface area contributed by atoms with Crippen LogP contribution in [0.15, 0.2) is 18.2 Å². The van der Waals surface area contributed by atoms with Crippen molar-refractivity contribution >= 4 is 15.5 Å². The summed E-state index contributed by atoms with van der Waals surface area (Å²) >= 11 is 0. The second-order valence-corrected chi connectivity index (χ2v) is 6.88. The lowest BCUT2D eigenvalue weighted by molar-refractivity contribution is 0.600. The molecular formula is C12H17FN2O2S. The third kappa shape index (κ3) is 2.64. The zero-order valence-electron chi connectivity index (χ0n) is 10.3. The van der Waals surface area contributed by atoms with Gasteiger partial charge in [0.25, 0.3) is 0 Å². The highest BCUT2D eigenvalue weighted by Crippen LogP contribution is 2.24. The molecule has 0 radical (unpaired) electrons. The molecular weight excluding hydrogens is 255 g/mol. The first-order valence-corrected chi connectivity index (χ1v) is 7.67. The predicted molar refractivity (Wildman–Crippen MR) is 69.8 cm³/mol. The summed E-state index contributed by atoms with van der Waals surface area (Å²) in [5, 5.41) is 0. The molecule has 0 aliphatic carbocycles. The van der Waals surface area contributed by atoms with Crippen molar-refractivity contribution in [3.05, 3.63) is 29.6 Å². The Bertz CT molecular complexity index is 545. The zero-order valence-corrected chi connectivity index (χ0v) is 11.1. The predicted octanol–water partition coefficient (Wildman–Crippen LogP) is 0.908. The van der Waals surface area contributed by atoms with E-state index in [-0.39, 0.29) is 29.9 Å². The average molecular weight is 272 g/mol. The Hall–Kier alpha value is -1.14. The molecule has 0 spiro atoms. The number of rotatable bonds is 3. The van der Waals surface area contributed by atoms with Crippen molar-refractivity contribution < 1.29 is 12.8 Å². The van der Waals surface area contributed by atoms with E-state index in [1.165, 1.54) is 6.07 Å². The number of sulfone groups is 1. The van der Waals surface area contributed by atoms with Gasteiger partial charge in [-0.25, -0.2) is 12.8 Å². The fourth-order valence-electron chi connectivity index (χ4n) is 2.21. The molecule has 0 amide bonds. The Morgan fingerprint density at radius 1 is 1.50 bits per heavy atom. The minimum Gasteiger partial charge on any atom is -0.370 e. The molecule has 1 atom stereocenters. The standard InChI is InChI=1S/C12H17FN2O2S/c1-15(11-4-5-18(16,17)8-11)10-3-2-9(7-14)12(13)6-10/h2-3,6,11H,4-5,7-8,14H2,1H3. The lowest BCUT2D eigenvalue weighted by Crippen LogP contribution is -2.32.